The molecule has 196 valence electrons. The topological polar surface area (TPSA) is 129 Å². The summed E-state index contributed by atoms with van der Waals surface area (Å²) >= 11 is 0. The van der Waals surface area contributed by atoms with Gasteiger partial charge in [0.1, 0.15) is 24.4 Å². The fraction of sp³-hybridized carbons (Fsp3) is 0.600. The van der Waals surface area contributed by atoms with Gasteiger partial charge in [-0.3, -0.25) is 24.1 Å². The third-order valence-corrected chi connectivity index (χ3v) is 6.72. The highest BCUT2D eigenvalue weighted by molar-refractivity contribution is 6.01. The van der Waals surface area contributed by atoms with Gasteiger partial charge in [-0.1, -0.05) is 12.1 Å². The number of carbonyl (C=O) groups excluding carboxylic acids is 4. The van der Waals surface area contributed by atoms with E-state index in [-0.39, 0.29) is 37.0 Å². The van der Waals surface area contributed by atoms with Crippen molar-refractivity contribution in [1.29, 1.82) is 0 Å². The molecule has 0 saturated carbocycles. The Kier molecular flexibility index (Phi) is 9.12. The molecule has 0 radical (unpaired) electrons. The van der Waals surface area contributed by atoms with Crippen LogP contribution in [-0.2, 0) is 19.1 Å². The molecule has 3 N–H and O–H groups in total. The summed E-state index contributed by atoms with van der Waals surface area (Å²) in [5, 5.41) is 8.42. The van der Waals surface area contributed by atoms with Gasteiger partial charge in [0.05, 0.1) is 31.7 Å². The molecule has 36 heavy (non-hydrogen) atoms. The summed E-state index contributed by atoms with van der Waals surface area (Å²) in [5.74, 6) is -1.14. The summed E-state index contributed by atoms with van der Waals surface area (Å²) in [6.45, 7) is 5.28. The number of ether oxygens (including phenoxy) is 2. The van der Waals surface area contributed by atoms with Gasteiger partial charge in [0.15, 0.2) is 0 Å². The quantitative estimate of drug-likeness (QED) is 0.465. The molecule has 1 aromatic rings. The molecule has 4 rings (SSSR count). The molecule has 3 aliphatic rings. The Morgan fingerprint density at radius 3 is 2.72 bits per heavy atom. The van der Waals surface area contributed by atoms with Crippen molar-refractivity contribution in [3.05, 3.63) is 29.8 Å². The van der Waals surface area contributed by atoms with E-state index in [4.69, 9.17) is 9.47 Å². The van der Waals surface area contributed by atoms with Gasteiger partial charge in [0, 0.05) is 26.2 Å². The van der Waals surface area contributed by atoms with Crippen molar-refractivity contribution in [3.8, 4) is 5.75 Å². The zero-order chi connectivity index (χ0) is 25.3. The number of hydrogen-bond donors (Lipinski definition) is 3. The minimum absolute atomic E-state index is 0.170. The van der Waals surface area contributed by atoms with Crippen LogP contribution in [0.2, 0.25) is 0 Å². The van der Waals surface area contributed by atoms with E-state index in [1.807, 2.05) is 0 Å². The van der Waals surface area contributed by atoms with E-state index in [0.717, 1.165) is 26.1 Å². The van der Waals surface area contributed by atoms with E-state index >= 15 is 0 Å². The molecule has 0 spiro atoms. The normalized spacial score (nSPS) is 24.0. The number of para-hydroxylation sites is 1. The fourth-order valence-electron chi connectivity index (χ4n) is 4.77. The average molecular weight is 502 g/mol. The molecule has 2 atom stereocenters. The van der Waals surface area contributed by atoms with Gasteiger partial charge in [-0.15, -0.1) is 0 Å². The summed E-state index contributed by atoms with van der Waals surface area (Å²) in [6.07, 6.45) is 1.78. The monoisotopic (exact) mass is 501 g/mol. The summed E-state index contributed by atoms with van der Waals surface area (Å²) < 4.78 is 11.1. The molecule has 11 nitrogen and oxygen atoms in total. The molecule has 0 unspecified atom stereocenters. The predicted octanol–water partition coefficient (Wildman–Crippen LogP) is -0.487. The Balaban J connectivity index is 1.46. The molecule has 0 bridgehead atoms. The molecule has 1 aromatic carbocycles. The van der Waals surface area contributed by atoms with Gasteiger partial charge in [0.2, 0.25) is 17.7 Å². The van der Waals surface area contributed by atoms with E-state index in [2.05, 4.69) is 20.9 Å². The molecule has 0 aliphatic carbocycles. The van der Waals surface area contributed by atoms with Gasteiger partial charge in [-0.05, 0) is 37.9 Å². The largest absolute Gasteiger partial charge is 0.491 e. The molecule has 2 fully saturated rings. The molecular formula is C25H35N5O6. The first-order valence-electron chi connectivity index (χ1n) is 12.7. The highest BCUT2D eigenvalue weighted by atomic mass is 16.5. The van der Waals surface area contributed by atoms with Crippen LogP contribution in [0.4, 0.5) is 0 Å². The van der Waals surface area contributed by atoms with E-state index in [0.29, 0.717) is 44.9 Å². The number of nitrogens with zero attached hydrogens (tertiary/aromatic N) is 2. The predicted molar refractivity (Wildman–Crippen MR) is 130 cm³/mol. The van der Waals surface area contributed by atoms with Crippen molar-refractivity contribution in [2.75, 3.05) is 59.1 Å². The van der Waals surface area contributed by atoms with Gasteiger partial charge >= 0.3 is 0 Å². The third-order valence-electron chi connectivity index (χ3n) is 6.72. The molecule has 3 aliphatic heterocycles. The number of nitrogens with one attached hydrogen (secondary N) is 3. The number of fused-ring (bicyclic) bond motifs is 2. The lowest BCUT2D eigenvalue weighted by molar-refractivity contribution is -0.140. The molecule has 0 aromatic heterocycles. The molecular weight excluding hydrogens is 466 g/mol. The van der Waals surface area contributed by atoms with Gasteiger partial charge in [-0.25, -0.2) is 0 Å². The highest BCUT2D eigenvalue weighted by Crippen LogP contribution is 2.21. The Bertz CT molecular complexity index is 951. The fourth-order valence-corrected chi connectivity index (χ4v) is 4.77. The summed E-state index contributed by atoms with van der Waals surface area (Å²) in [6, 6.07) is 5.05. The van der Waals surface area contributed by atoms with Crippen LogP contribution in [0.15, 0.2) is 24.3 Å². The van der Waals surface area contributed by atoms with Crippen LogP contribution in [0.5, 0.6) is 5.75 Å². The van der Waals surface area contributed by atoms with Crippen molar-refractivity contribution < 1.29 is 28.7 Å². The lowest BCUT2D eigenvalue weighted by atomic mass is 10.1. The minimum atomic E-state index is -1.08. The third kappa shape index (κ3) is 6.73. The maximum absolute atomic E-state index is 13.2. The maximum atomic E-state index is 13.2. The summed E-state index contributed by atoms with van der Waals surface area (Å²) in [5.41, 5.74) is 0.262. The minimum Gasteiger partial charge on any atom is -0.491 e. The van der Waals surface area contributed by atoms with Crippen molar-refractivity contribution in [2.45, 2.75) is 37.8 Å². The van der Waals surface area contributed by atoms with Crippen LogP contribution in [0, 0.1) is 0 Å². The number of carbonyl (C=O) groups is 4. The molecule has 4 amide bonds. The van der Waals surface area contributed by atoms with Crippen LogP contribution < -0.4 is 20.7 Å². The molecule has 3 heterocycles. The standard InChI is InChI=1S/C25H35N5O6/c31-22-17-19(24(33)26-8-4-10-29-12-15-35-16-13-29)28-23(32)18-5-1-2-7-21(18)36-14-9-27-25(34)20-6-3-11-30(20)22/h1-2,5,7,19-20H,3-4,6,8-17H2,(H,26,33)(H,27,34)(H,28,32)/t19-,20-/m0/s1. The Morgan fingerprint density at radius 2 is 1.89 bits per heavy atom. The second-order valence-electron chi connectivity index (χ2n) is 9.21. The smallest absolute Gasteiger partial charge is 0.255 e. The van der Waals surface area contributed by atoms with Crippen molar-refractivity contribution in [1.82, 2.24) is 25.8 Å². The Morgan fingerprint density at radius 1 is 1.08 bits per heavy atom. The van der Waals surface area contributed by atoms with Crippen molar-refractivity contribution in [2.24, 2.45) is 0 Å². The zero-order valence-corrected chi connectivity index (χ0v) is 20.5. The number of benzene rings is 1. The van der Waals surface area contributed by atoms with E-state index in [1.165, 1.54) is 4.90 Å². The van der Waals surface area contributed by atoms with E-state index < -0.39 is 23.9 Å². The van der Waals surface area contributed by atoms with Crippen LogP contribution in [0.3, 0.4) is 0 Å². The zero-order valence-electron chi connectivity index (χ0n) is 20.5. The van der Waals surface area contributed by atoms with Gasteiger partial charge in [-0.2, -0.15) is 0 Å². The summed E-state index contributed by atoms with van der Waals surface area (Å²) in [4.78, 5) is 55.9. The SMILES string of the molecule is O=C1N[C@H](C(=O)NCCCN2CCOCC2)CC(=O)N2CCC[C@H]2C(=O)NCCOc2ccccc21. The highest BCUT2D eigenvalue weighted by Gasteiger charge is 2.36. The first kappa shape index (κ1) is 25.9. The average Bonchev–Trinajstić information content (AvgIpc) is 3.39. The van der Waals surface area contributed by atoms with Crippen molar-refractivity contribution >= 4 is 23.6 Å². The summed E-state index contributed by atoms with van der Waals surface area (Å²) in [7, 11) is 0. The van der Waals surface area contributed by atoms with Gasteiger partial charge < -0.3 is 30.3 Å². The van der Waals surface area contributed by atoms with Crippen LogP contribution >= 0.6 is 0 Å². The second-order valence-corrected chi connectivity index (χ2v) is 9.21. The Labute approximate surface area is 210 Å². The molecule has 11 heteroatoms. The number of rotatable bonds is 5. The first-order chi connectivity index (χ1) is 17.5. The van der Waals surface area contributed by atoms with Crippen LogP contribution in [0.25, 0.3) is 0 Å². The van der Waals surface area contributed by atoms with Gasteiger partial charge in [0.25, 0.3) is 5.91 Å². The number of amides is 4. The van der Waals surface area contributed by atoms with Crippen molar-refractivity contribution in [3.63, 3.8) is 0 Å². The first-order valence-corrected chi connectivity index (χ1v) is 12.7. The van der Waals surface area contributed by atoms with E-state index in [9.17, 15) is 19.2 Å². The lowest BCUT2D eigenvalue weighted by Gasteiger charge is -2.27. The number of hydrogen-bond acceptors (Lipinski definition) is 7. The van der Waals surface area contributed by atoms with Crippen LogP contribution in [0.1, 0.15) is 36.0 Å². The number of morpholine rings is 1. The maximum Gasteiger partial charge on any atom is 0.255 e. The Hall–Kier alpha value is -3.18. The lowest BCUT2D eigenvalue weighted by Crippen LogP contribution is -2.52. The second kappa shape index (κ2) is 12.7. The van der Waals surface area contributed by atoms with Crippen LogP contribution in [-0.4, -0.2) is 105 Å². The van der Waals surface area contributed by atoms with E-state index in [1.54, 1.807) is 24.3 Å². The molecule has 2 saturated heterocycles.